The van der Waals surface area contributed by atoms with E-state index in [4.69, 9.17) is 56.8 Å². The van der Waals surface area contributed by atoms with Crippen molar-refractivity contribution in [3.8, 4) is 0 Å². The fraction of sp³-hybridized carbons (Fsp3) is 0.511. The second-order valence-corrected chi connectivity index (χ2v) is 15.2. The Kier molecular flexibility index (Phi) is 26.3. The van der Waals surface area contributed by atoms with Gasteiger partial charge in [-0.2, -0.15) is 0 Å². The highest BCUT2D eigenvalue weighted by atomic mass is 16.7. The van der Waals surface area contributed by atoms with Crippen molar-refractivity contribution < 1.29 is 124 Å². The fourth-order valence-corrected chi connectivity index (χ4v) is 4.78. The van der Waals surface area contributed by atoms with Gasteiger partial charge in [0.15, 0.2) is 61.0 Å². The van der Waals surface area contributed by atoms with Crippen molar-refractivity contribution in [1.29, 1.82) is 0 Å². The van der Waals surface area contributed by atoms with Crippen LogP contribution in [0.2, 0.25) is 0 Å². The first-order chi connectivity index (χ1) is 34.0. The summed E-state index contributed by atoms with van der Waals surface area (Å²) >= 11 is 0. The molecule has 0 amide bonds. The van der Waals surface area contributed by atoms with Crippen LogP contribution in [0.1, 0.15) is 81.7 Å². The summed E-state index contributed by atoms with van der Waals surface area (Å²) in [6.07, 6.45) is -18.4. The molecular weight excluding hydrogens is 980 g/mol. The zero-order valence-electron chi connectivity index (χ0n) is 41.7. The zero-order valence-corrected chi connectivity index (χ0v) is 41.7. The number of esters is 13. The summed E-state index contributed by atoms with van der Waals surface area (Å²) < 4.78 is 64.1. The molecule has 1 rings (SSSR count). The maximum Gasteiger partial charge on any atom is 0.352 e. The van der Waals surface area contributed by atoms with Crippen LogP contribution in [0.3, 0.4) is 0 Å². The summed E-state index contributed by atoms with van der Waals surface area (Å²) in [6, 6.07) is 8.68. The number of rotatable bonds is 28. The van der Waals surface area contributed by atoms with Crippen LogP contribution in [-0.4, -0.2) is 151 Å². The summed E-state index contributed by atoms with van der Waals surface area (Å²) in [5, 5.41) is 0. The van der Waals surface area contributed by atoms with E-state index in [0.29, 0.717) is 5.56 Å². The fourth-order valence-electron chi connectivity index (χ4n) is 4.78. The predicted molar refractivity (Wildman–Crippen MR) is 238 cm³/mol. The summed E-state index contributed by atoms with van der Waals surface area (Å²) in [7, 11) is 0. The first-order valence-electron chi connectivity index (χ1n) is 21.9. The van der Waals surface area contributed by atoms with Gasteiger partial charge in [0, 0.05) is 6.92 Å². The van der Waals surface area contributed by atoms with Gasteiger partial charge in [0.1, 0.15) is 6.61 Å². The molecule has 26 heteroatoms. The van der Waals surface area contributed by atoms with E-state index in [1.54, 1.807) is 30.3 Å². The van der Waals surface area contributed by atoms with E-state index in [1.807, 2.05) is 0 Å². The Bertz CT molecular complexity index is 2200. The van der Waals surface area contributed by atoms with E-state index in [1.165, 1.54) is 13.8 Å². The largest absolute Gasteiger partial charge is 0.458 e. The molecule has 1 aromatic carbocycles. The molecular formula is C47H58O26. The monoisotopic (exact) mass is 1040 g/mol. The van der Waals surface area contributed by atoms with Crippen LogP contribution < -0.4 is 0 Å². The van der Waals surface area contributed by atoms with Gasteiger partial charge in [-0.25, -0.2) is 57.5 Å². The summed E-state index contributed by atoms with van der Waals surface area (Å²) in [5.41, 5.74) is 0.688. The van der Waals surface area contributed by atoms with Gasteiger partial charge in [-0.15, -0.1) is 0 Å². The molecule has 0 aliphatic carbocycles. The molecule has 0 radical (unpaired) electrons. The molecule has 0 aliphatic rings. The number of carbonyl (C=O) groups excluding carboxylic acids is 13. The molecule has 73 heavy (non-hydrogen) atoms. The summed E-state index contributed by atoms with van der Waals surface area (Å²) in [6.45, 7) is 18.5. The predicted octanol–water partition coefficient (Wildman–Crippen LogP) is 1.26. The smallest absolute Gasteiger partial charge is 0.352 e. The van der Waals surface area contributed by atoms with Crippen molar-refractivity contribution >= 4 is 77.6 Å². The van der Waals surface area contributed by atoms with Crippen molar-refractivity contribution in [2.45, 2.75) is 156 Å². The minimum absolute atomic E-state index is 0.0817. The molecule has 0 fully saturated rings. The van der Waals surface area contributed by atoms with Crippen LogP contribution in [0.15, 0.2) is 55.6 Å². The Morgan fingerprint density at radius 1 is 0.342 bits per heavy atom. The van der Waals surface area contributed by atoms with Gasteiger partial charge in [-0.1, -0.05) is 43.5 Å². The Morgan fingerprint density at radius 3 is 0.808 bits per heavy atom. The quantitative estimate of drug-likeness (QED) is 0.0648. The second-order valence-electron chi connectivity index (χ2n) is 15.2. The van der Waals surface area contributed by atoms with Crippen molar-refractivity contribution in [3.05, 3.63) is 61.2 Å². The lowest BCUT2D eigenvalue weighted by Gasteiger charge is -2.22. The number of benzene rings is 1. The minimum Gasteiger partial charge on any atom is -0.458 e. The van der Waals surface area contributed by atoms with Gasteiger partial charge in [-0.3, -0.25) is 4.79 Å². The molecule has 26 nitrogen and oxygen atoms in total. The molecule has 0 aromatic heterocycles. The lowest BCUT2D eigenvalue weighted by molar-refractivity contribution is -0.189. The summed E-state index contributed by atoms with van der Waals surface area (Å²) in [5.74, 6) is -15.6. The number of carbonyl (C=O) groups is 13. The van der Waals surface area contributed by atoms with Crippen LogP contribution in [0.5, 0.6) is 0 Å². The summed E-state index contributed by atoms with van der Waals surface area (Å²) in [4.78, 5) is 161. The minimum atomic E-state index is -1.92. The molecule has 1 aromatic rings. The van der Waals surface area contributed by atoms with Crippen LogP contribution in [0.25, 0.3) is 0 Å². The topological polar surface area (TPSA) is 342 Å². The average Bonchev–Trinajstić information content (AvgIpc) is 3.33. The molecule has 402 valence electrons. The first-order valence-corrected chi connectivity index (χ1v) is 21.9. The first kappa shape index (κ1) is 62.8. The van der Waals surface area contributed by atoms with Crippen molar-refractivity contribution in [2.75, 3.05) is 0 Å². The van der Waals surface area contributed by atoms with E-state index in [9.17, 15) is 62.3 Å². The highest BCUT2D eigenvalue weighted by Gasteiger charge is 2.36. The van der Waals surface area contributed by atoms with Gasteiger partial charge < -0.3 is 61.6 Å². The van der Waals surface area contributed by atoms with Crippen LogP contribution in [0.4, 0.5) is 0 Å². The van der Waals surface area contributed by atoms with E-state index >= 15 is 0 Å². The van der Waals surface area contributed by atoms with Crippen LogP contribution in [0, 0.1) is 0 Å². The van der Waals surface area contributed by atoms with E-state index in [-0.39, 0.29) is 6.61 Å². The van der Waals surface area contributed by atoms with Gasteiger partial charge >= 0.3 is 77.6 Å². The Labute approximate surface area is 418 Å². The van der Waals surface area contributed by atoms with Crippen molar-refractivity contribution in [1.82, 2.24) is 0 Å². The molecule has 0 spiro atoms. The van der Waals surface area contributed by atoms with Crippen molar-refractivity contribution in [3.63, 3.8) is 0 Å². The maximum absolute atomic E-state index is 12.8. The van der Waals surface area contributed by atoms with Gasteiger partial charge in [0.25, 0.3) is 0 Å². The van der Waals surface area contributed by atoms with Gasteiger partial charge in [-0.05, 0) is 87.0 Å². The maximum atomic E-state index is 12.8. The molecule has 0 heterocycles. The highest BCUT2D eigenvalue weighted by molar-refractivity contribution is 5.90. The Morgan fingerprint density at radius 2 is 0.562 bits per heavy atom. The molecule has 12 atom stereocenters. The Balaban J connectivity index is 2.63. The van der Waals surface area contributed by atoms with Gasteiger partial charge in [0.05, 0.1) is 0 Å². The zero-order chi connectivity index (χ0) is 55.9. The lowest BCUT2D eigenvalue weighted by atomic mass is 10.2. The normalized spacial score (nSPS) is 15.5. The number of ether oxygens (including phenoxy) is 13. The van der Waals surface area contributed by atoms with Crippen LogP contribution >= 0.6 is 0 Å². The molecule has 0 saturated carbocycles. The van der Waals surface area contributed by atoms with Gasteiger partial charge in [0.2, 0.25) is 12.2 Å². The van der Waals surface area contributed by atoms with E-state index in [0.717, 1.165) is 74.5 Å². The van der Waals surface area contributed by atoms with Crippen LogP contribution in [-0.2, 0) is 131 Å². The average molecular weight is 1040 g/mol. The molecule has 0 unspecified atom stereocenters. The molecule has 0 saturated heterocycles. The third kappa shape index (κ3) is 22.2. The number of hydrogen-bond acceptors (Lipinski definition) is 26. The third-order valence-electron chi connectivity index (χ3n) is 8.90. The SMILES string of the molecule is C=C[C@H](OC(=O)[C@H](C)OC(=O)[C@H](C=C)OC(=O)[C@H](C)OC(=O)[C@H](C)OC(=O)[C@H](C)OC(=O)[C@H](C)OC(C)=O)C(=O)O[C@@H](C)C(=O)O[C@@H](C)C(=O)O[C@@H](C)C(=O)O[C@@H](C)C(=O)O[C@@H](C)C(=O)OCc1ccccc1. The Hall–Kier alpha value is -8.19. The molecule has 0 bridgehead atoms. The molecule has 0 N–H and O–H groups in total. The third-order valence-corrected chi connectivity index (χ3v) is 8.90. The van der Waals surface area contributed by atoms with E-state index in [2.05, 4.69) is 17.9 Å². The second kappa shape index (κ2) is 30.5. The number of hydrogen-bond donors (Lipinski definition) is 0. The molecule has 0 aliphatic heterocycles. The standard InChI is InChI=1S/C47H58O26/c1-14-34(73-45(58)31(12)71-47(60)35(15-2)72-44(57)30(11)69-42(55)28(9)67-39(52)25(6)64-37(50)23(4)62-32(13)48)46(59)70-29(10)43(56)68-27(8)41(54)66-26(7)40(53)65-24(5)38(51)63-22(3)36(49)61-21-33-19-17-16-18-20-33/h14-20,22-31,34-35H,1-2,21H2,3-13H3/t22-,23-,24-,25-,26-,27-,28-,29-,30-,31-,34-,35-/m0/s1. The lowest BCUT2D eigenvalue weighted by Crippen LogP contribution is -2.40. The highest BCUT2D eigenvalue weighted by Crippen LogP contribution is 2.13. The van der Waals surface area contributed by atoms with Crippen molar-refractivity contribution in [2.24, 2.45) is 0 Å². The van der Waals surface area contributed by atoms with E-state index < -0.39 is 151 Å².